The first kappa shape index (κ1) is 25.0. The summed E-state index contributed by atoms with van der Waals surface area (Å²) in [5, 5.41) is 2.27. The van der Waals surface area contributed by atoms with Crippen LogP contribution >= 0.6 is 11.3 Å². The molecular formula is C28H29N3O5S. The van der Waals surface area contributed by atoms with Crippen molar-refractivity contribution in [3.63, 3.8) is 0 Å². The lowest BCUT2D eigenvalue weighted by Gasteiger charge is -2.26. The zero-order chi connectivity index (χ0) is 25.9. The minimum atomic E-state index is -0.545. The van der Waals surface area contributed by atoms with Crippen LogP contribution in [0.15, 0.2) is 47.3 Å². The van der Waals surface area contributed by atoms with Gasteiger partial charge in [0.05, 0.1) is 30.4 Å². The predicted octanol–water partition coefficient (Wildman–Crippen LogP) is 2.07. The fourth-order valence-corrected chi connectivity index (χ4v) is 5.81. The van der Waals surface area contributed by atoms with Gasteiger partial charge in [-0.2, -0.15) is 0 Å². The van der Waals surface area contributed by atoms with Gasteiger partial charge in [-0.15, -0.1) is 11.3 Å². The third kappa shape index (κ3) is 4.97. The van der Waals surface area contributed by atoms with Crippen molar-refractivity contribution in [1.82, 2.24) is 14.0 Å². The summed E-state index contributed by atoms with van der Waals surface area (Å²) in [6.07, 6.45) is 3.11. The van der Waals surface area contributed by atoms with Crippen molar-refractivity contribution in [1.29, 1.82) is 0 Å². The SMILES string of the molecule is CCOC(=O)/C=c1/s/c(=C\c2ccc3c(c2)c2ccccc2n3CC)c(=O)n1CC(=O)N1CCOCC1. The van der Waals surface area contributed by atoms with Gasteiger partial charge in [0.15, 0.2) is 0 Å². The highest BCUT2D eigenvalue weighted by Crippen LogP contribution is 2.29. The minimum absolute atomic E-state index is 0.141. The van der Waals surface area contributed by atoms with Crippen LogP contribution < -0.4 is 14.8 Å². The number of fused-ring (bicyclic) bond motifs is 3. The normalized spacial score (nSPS) is 15.1. The summed E-state index contributed by atoms with van der Waals surface area (Å²) in [6, 6.07) is 14.4. The predicted molar refractivity (Wildman–Crippen MR) is 145 cm³/mol. The summed E-state index contributed by atoms with van der Waals surface area (Å²) in [7, 11) is 0. The standard InChI is InChI=1S/C28H29N3O5S/c1-3-30-22-8-6-5-7-20(22)21-15-19(9-10-23(21)30)16-24-28(34)31(26(37-24)17-27(33)36-4-2)18-25(32)29-11-13-35-14-12-29/h5-10,15-17H,3-4,11-14,18H2,1-2H3/b24-16-,26-17+. The number of hydrogen-bond donors (Lipinski definition) is 0. The van der Waals surface area contributed by atoms with Crippen LogP contribution in [0, 0.1) is 0 Å². The number of aryl methyl sites for hydroxylation is 1. The number of thiazole rings is 1. The Balaban J connectivity index is 1.60. The summed E-state index contributed by atoms with van der Waals surface area (Å²) in [4.78, 5) is 40.3. The molecule has 37 heavy (non-hydrogen) atoms. The monoisotopic (exact) mass is 519 g/mol. The number of morpholine rings is 1. The number of nitrogens with zero attached hydrogens (tertiary/aromatic N) is 3. The molecule has 1 aliphatic heterocycles. The zero-order valence-corrected chi connectivity index (χ0v) is 21.8. The van der Waals surface area contributed by atoms with Crippen molar-refractivity contribution in [2.24, 2.45) is 0 Å². The van der Waals surface area contributed by atoms with E-state index in [9.17, 15) is 14.4 Å². The van der Waals surface area contributed by atoms with Crippen molar-refractivity contribution in [3.05, 3.63) is 67.6 Å². The summed E-state index contributed by atoms with van der Waals surface area (Å²) < 4.78 is 14.9. The summed E-state index contributed by atoms with van der Waals surface area (Å²) in [5.74, 6) is -0.723. The molecule has 2 aromatic carbocycles. The molecule has 3 heterocycles. The average molecular weight is 520 g/mol. The minimum Gasteiger partial charge on any atom is -0.463 e. The van der Waals surface area contributed by atoms with Crippen LogP contribution in [-0.2, 0) is 32.2 Å². The molecule has 0 atom stereocenters. The Kier molecular flexibility index (Phi) is 7.25. The second-order valence-electron chi connectivity index (χ2n) is 8.77. The smallest absolute Gasteiger partial charge is 0.333 e. The van der Waals surface area contributed by atoms with E-state index in [2.05, 4.69) is 35.8 Å². The van der Waals surface area contributed by atoms with Crippen LogP contribution in [0.1, 0.15) is 19.4 Å². The van der Waals surface area contributed by atoms with Gasteiger partial charge in [-0.05, 0) is 43.7 Å². The van der Waals surface area contributed by atoms with Gasteiger partial charge in [0.1, 0.15) is 11.2 Å². The highest BCUT2D eigenvalue weighted by atomic mass is 32.1. The lowest BCUT2D eigenvalue weighted by atomic mass is 10.1. The molecule has 0 unspecified atom stereocenters. The number of hydrogen-bond acceptors (Lipinski definition) is 6. The Bertz CT molecular complexity index is 1660. The maximum atomic E-state index is 13.4. The molecule has 4 aromatic rings. The van der Waals surface area contributed by atoms with Crippen LogP contribution in [0.5, 0.6) is 0 Å². The van der Waals surface area contributed by atoms with Crippen molar-refractivity contribution in [3.8, 4) is 0 Å². The molecule has 1 aliphatic rings. The molecule has 0 spiro atoms. The van der Waals surface area contributed by atoms with Crippen LogP contribution in [-0.4, -0.2) is 58.8 Å². The topological polar surface area (TPSA) is 82.8 Å². The van der Waals surface area contributed by atoms with E-state index in [-0.39, 0.29) is 24.6 Å². The lowest BCUT2D eigenvalue weighted by Crippen LogP contribution is -2.45. The molecule has 9 heteroatoms. The van der Waals surface area contributed by atoms with Crippen LogP contribution in [0.25, 0.3) is 34.0 Å². The second-order valence-corrected chi connectivity index (χ2v) is 9.83. The van der Waals surface area contributed by atoms with Crippen molar-refractivity contribution >= 4 is 57.2 Å². The summed E-state index contributed by atoms with van der Waals surface area (Å²) >= 11 is 1.18. The number of aromatic nitrogens is 2. The molecule has 1 fully saturated rings. The zero-order valence-electron chi connectivity index (χ0n) is 20.9. The van der Waals surface area contributed by atoms with Crippen molar-refractivity contribution in [2.75, 3.05) is 32.9 Å². The van der Waals surface area contributed by atoms with E-state index in [1.165, 1.54) is 27.5 Å². The number of carbonyl (C=O) groups excluding carboxylic acids is 2. The molecule has 0 bridgehead atoms. The molecule has 0 saturated carbocycles. The van der Waals surface area contributed by atoms with Crippen molar-refractivity contribution < 1.29 is 19.1 Å². The van der Waals surface area contributed by atoms with Gasteiger partial charge in [0.2, 0.25) is 5.91 Å². The maximum absolute atomic E-state index is 13.4. The largest absolute Gasteiger partial charge is 0.463 e. The number of ether oxygens (including phenoxy) is 2. The molecule has 1 amide bonds. The third-order valence-corrected chi connectivity index (χ3v) is 7.59. The van der Waals surface area contributed by atoms with Gasteiger partial charge >= 0.3 is 5.97 Å². The second kappa shape index (κ2) is 10.7. The Morgan fingerprint density at radius 3 is 2.54 bits per heavy atom. The Morgan fingerprint density at radius 1 is 1.03 bits per heavy atom. The molecule has 192 valence electrons. The molecule has 8 nitrogen and oxygen atoms in total. The van der Waals surface area contributed by atoms with E-state index in [1.54, 1.807) is 11.8 Å². The van der Waals surface area contributed by atoms with E-state index in [0.29, 0.717) is 35.5 Å². The van der Waals surface area contributed by atoms with E-state index in [1.807, 2.05) is 24.3 Å². The molecule has 0 aliphatic carbocycles. The first-order chi connectivity index (χ1) is 18.0. The maximum Gasteiger partial charge on any atom is 0.333 e. The van der Waals surface area contributed by atoms with E-state index < -0.39 is 5.97 Å². The van der Waals surface area contributed by atoms with Crippen LogP contribution in [0.2, 0.25) is 0 Å². The molecule has 0 radical (unpaired) electrons. The number of benzene rings is 2. The van der Waals surface area contributed by atoms with E-state index in [4.69, 9.17) is 9.47 Å². The first-order valence-corrected chi connectivity index (χ1v) is 13.3. The molecule has 5 rings (SSSR count). The number of carbonyl (C=O) groups is 2. The Labute approximate surface area is 217 Å². The number of amides is 1. The van der Waals surface area contributed by atoms with E-state index >= 15 is 0 Å². The first-order valence-electron chi connectivity index (χ1n) is 12.5. The highest BCUT2D eigenvalue weighted by molar-refractivity contribution is 7.07. The van der Waals surface area contributed by atoms with Gasteiger partial charge < -0.3 is 18.9 Å². The summed E-state index contributed by atoms with van der Waals surface area (Å²) in [6.45, 7) is 6.70. The number of rotatable bonds is 6. The molecule has 1 saturated heterocycles. The quantitative estimate of drug-likeness (QED) is 0.364. The third-order valence-electron chi connectivity index (χ3n) is 6.53. The van der Waals surface area contributed by atoms with Gasteiger partial charge in [-0.1, -0.05) is 24.3 Å². The fourth-order valence-electron chi connectivity index (χ4n) is 4.78. The average Bonchev–Trinajstić information content (AvgIpc) is 3.38. The Morgan fingerprint density at radius 2 is 1.78 bits per heavy atom. The molecule has 0 N–H and O–H groups in total. The number of esters is 1. The van der Waals surface area contributed by atoms with Gasteiger partial charge in [0, 0.05) is 41.4 Å². The van der Waals surface area contributed by atoms with Gasteiger partial charge in [-0.3, -0.25) is 14.2 Å². The summed E-state index contributed by atoms with van der Waals surface area (Å²) in [5.41, 5.74) is 2.87. The fraction of sp³-hybridized carbons (Fsp3) is 0.321. The van der Waals surface area contributed by atoms with Gasteiger partial charge in [0.25, 0.3) is 5.56 Å². The van der Waals surface area contributed by atoms with Gasteiger partial charge in [-0.25, -0.2) is 4.79 Å². The molecular weight excluding hydrogens is 490 g/mol. The number of para-hydroxylation sites is 1. The molecule has 2 aromatic heterocycles. The Hall–Kier alpha value is -3.69. The van der Waals surface area contributed by atoms with Crippen molar-refractivity contribution in [2.45, 2.75) is 26.9 Å². The van der Waals surface area contributed by atoms with Crippen LogP contribution in [0.3, 0.4) is 0 Å². The van der Waals surface area contributed by atoms with Crippen LogP contribution in [0.4, 0.5) is 0 Å². The van der Waals surface area contributed by atoms with E-state index in [0.717, 1.165) is 28.4 Å². The highest BCUT2D eigenvalue weighted by Gasteiger charge is 2.19. The lowest BCUT2D eigenvalue weighted by molar-refractivity contribution is -0.136.